The Morgan fingerprint density at radius 1 is 0.731 bits per heavy atom. The van der Waals surface area contributed by atoms with Crippen molar-refractivity contribution >= 4 is 10.8 Å². The van der Waals surface area contributed by atoms with Crippen molar-refractivity contribution in [3.63, 3.8) is 0 Å². The van der Waals surface area contributed by atoms with E-state index in [9.17, 15) is 0 Å². The van der Waals surface area contributed by atoms with Crippen LogP contribution in [0.5, 0.6) is 23.0 Å². The van der Waals surface area contributed by atoms with Crippen molar-refractivity contribution in [2.24, 2.45) is 0 Å². The molecule has 0 aliphatic heterocycles. The number of pyridine rings is 1. The summed E-state index contributed by atoms with van der Waals surface area (Å²) in [4.78, 5) is 3.40. The maximum absolute atomic E-state index is 5.48. The van der Waals surface area contributed by atoms with Gasteiger partial charge in [-0.2, -0.15) is 0 Å². The lowest BCUT2D eigenvalue weighted by Gasteiger charge is -2.14. The summed E-state index contributed by atoms with van der Waals surface area (Å²) in [5.41, 5.74) is 2.22. The first-order chi connectivity index (χ1) is 12.6. The van der Waals surface area contributed by atoms with E-state index in [4.69, 9.17) is 18.9 Å². The zero-order chi connectivity index (χ0) is 18.7. The third-order valence-electron chi connectivity index (χ3n) is 4.69. The minimum atomic E-state index is 0.122. The first kappa shape index (κ1) is 17.9. The second-order valence-corrected chi connectivity index (χ2v) is 6.02. The molecule has 136 valence electrons. The molecule has 0 saturated heterocycles. The predicted octanol–water partition coefficient (Wildman–Crippen LogP) is 3.84. The summed E-state index contributed by atoms with van der Waals surface area (Å²) in [7, 11) is 6.58. The molecule has 2 aromatic carbocycles. The van der Waals surface area contributed by atoms with Crippen LogP contribution in [0.4, 0.5) is 0 Å². The van der Waals surface area contributed by atoms with E-state index in [1.54, 1.807) is 28.4 Å². The molecule has 0 aliphatic rings. The number of H-pyrrole nitrogens is 1. The van der Waals surface area contributed by atoms with Gasteiger partial charge in [0.25, 0.3) is 0 Å². The van der Waals surface area contributed by atoms with Crippen LogP contribution >= 0.6 is 0 Å². The summed E-state index contributed by atoms with van der Waals surface area (Å²) in [6.45, 7) is 2.16. The van der Waals surface area contributed by atoms with Gasteiger partial charge in [-0.05, 0) is 42.1 Å². The molecule has 1 heterocycles. The molecule has 5 heteroatoms. The molecule has 0 saturated carbocycles. The minimum absolute atomic E-state index is 0.122. The SMILES string of the molecule is COc1ccc(C(C)c2[nH+]ccc3cc(OC)c(OC)cc23)cc1OC. The van der Waals surface area contributed by atoms with Gasteiger partial charge < -0.3 is 18.9 Å². The number of rotatable bonds is 6. The summed E-state index contributed by atoms with van der Waals surface area (Å²) >= 11 is 0. The highest BCUT2D eigenvalue weighted by Crippen LogP contribution is 2.37. The molecular formula is C21H24NO4+. The summed E-state index contributed by atoms with van der Waals surface area (Å²) in [5.74, 6) is 2.99. The second-order valence-electron chi connectivity index (χ2n) is 6.02. The van der Waals surface area contributed by atoms with Gasteiger partial charge in [-0.25, -0.2) is 4.98 Å². The molecule has 0 radical (unpaired) electrons. The topological polar surface area (TPSA) is 51.1 Å². The largest absolute Gasteiger partial charge is 0.493 e. The fourth-order valence-electron chi connectivity index (χ4n) is 3.21. The fourth-order valence-corrected chi connectivity index (χ4v) is 3.21. The van der Waals surface area contributed by atoms with E-state index in [1.807, 2.05) is 36.5 Å². The molecule has 0 aliphatic carbocycles. The molecule has 0 spiro atoms. The number of nitrogens with one attached hydrogen (secondary N) is 1. The first-order valence-corrected chi connectivity index (χ1v) is 8.41. The van der Waals surface area contributed by atoms with Gasteiger partial charge in [0.05, 0.1) is 39.7 Å². The number of benzene rings is 2. The fraction of sp³-hybridized carbons (Fsp3) is 0.286. The van der Waals surface area contributed by atoms with Crippen LogP contribution in [0.2, 0.25) is 0 Å². The molecule has 0 amide bonds. The van der Waals surface area contributed by atoms with E-state index in [2.05, 4.69) is 18.0 Å². The molecule has 3 rings (SSSR count). The Morgan fingerprint density at radius 3 is 2.00 bits per heavy atom. The maximum atomic E-state index is 5.48. The average Bonchev–Trinajstić information content (AvgIpc) is 2.70. The average molecular weight is 354 g/mol. The van der Waals surface area contributed by atoms with Crippen molar-refractivity contribution in [2.45, 2.75) is 12.8 Å². The van der Waals surface area contributed by atoms with Gasteiger partial charge in [-0.15, -0.1) is 0 Å². The normalized spacial score (nSPS) is 11.9. The van der Waals surface area contributed by atoms with Gasteiger partial charge in [-0.1, -0.05) is 6.07 Å². The number of aromatic amines is 1. The molecule has 1 unspecified atom stereocenters. The van der Waals surface area contributed by atoms with E-state index in [-0.39, 0.29) is 5.92 Å². The highest BCUT2D eigenvalue weighted by molar-refractivity contribution is 5.87. The number of aromatic nitrogens is 1. The molecule has 5 nitrogen and oxygen atoms in total. The van der Waals surface area contributed by atoms with E-state index in [0.717, 1.165) is 39.3 Å². The lowest BCUT2D eigenvalue weighted by molar-refractivity contribution is -0.389. The van der Waals surface area contributed by atoms with Gasteiger partial charge in [0, 0.05) is 6.07 Å². The molecule has 1 N–H and O–H groups in total. The molecule has 1 aromatic heterocycles. The Kier molecular flexibility index (Phi) is 5.16. The quantitative estimate of drug-likeness (QED) is 0.675. The Balaban J connectivity index is 2.12. The van der Waals surface area contributed by atoms with Crippen molar-refractivity contribution in [1.29, 1.82) is 0 Å². The maximum Gasteiger partial charge on any atom is 0.194 e. The second kappa shape index (κ2) is 7.52. The summed E-state index contributed by atoms with van der Waals surface area (Å²) in [6.07, 6.45) is 1.95. The van der Waals surface area contributed by atoms with E-state index >= 15 is 0 Å². The number of fused-ring (bicyclic) bond motifs is 1. The van der Waals surface area contributed by atoms with Crippen molar-refractivity contribution in [2.75, 3.05) is 28.4 Å². The van der Waals surface area contributed by atoms with Crippen LogP contribution in [-0.2, 0) is 0 Å². The lowest BCUT2D eigenvalue weighted by atomic mass is 9.93. The molecular weight excluding hydrogens is 330 g/mol. The van der Waals surface area contributed by atoms with Gasteiger partial charge >= 0.3 is 0 Å². The zero-order valence-electron chi connectivity index (χ0n) is 15.8. The van der Waals surface area contributed by atoms with Crippen LogP contribution < -0.4 is 23.9 Å². The van der Waals surface area contributed by atoms with Crippen LogP contribution in [-0.4, -0.2) is 28.4 Å². The number of ether oxygens (including phenoxy) is 4. The van der Waals surface area contributed by atoms with Crippen molar-refractivity contribution in [3.8, 4) is 23.0 Å². The van der Waals surface area contributed by atoms with Gasteiger partial charge in [0.15, 0.2) is 34.9 Å². The number of methoxy groups -OCH3 is 4. The van der Waals surface area contributed by atoms with Crippen LogP contribution in [0.1, 0.15) is 24.1 Å². The number of hydrogen-bond donors (Lipinski definition) is 0. The van der Waals surface area contributed by atoms with Crippen LogP contribution in [0.25, 0.3) is 10.8 Å². The van der Waals surface area contributed by atoms with Crippen molar-refractivity contribution in [1.82, 2.24) is 0 Å². The standard InChI is InChI=1S/C21H23NO4/c1-13(14-6-7-17(23-2)18(10-14)24-3)21-16-12-20(26-5)19(25-4)11-15(16)8-9-22-21/h6-13H,1-5H3/p+1. The van der Waals surface area contributed by atoms with Crippen LogP contribution in [0, 0.1) is 0 Å². The Hall–Kier alpha value is -2.95. The first-order valence-electron chi connectivity index (χ1n) is 8.41. The third kappa shape index (κ3) is 3.12. The summed E-state index contributed by atoms with van der Waals surface area (Å²) in [5, 5.41) is 2.18. The summed E-state index contributed by atoms with van der Waals surface area (Å²) in [6, 6.07) is 12.0. The highest BCUT2D eigenvalue weighted by Gasteiger charge is 2.21. The van der Waals surface area contributed by atoms with Crippen LogP contribution in [0.15, 0.2) is 42.6 Å². The van der Waals surface area contributed by atoms with Gasteiger partial charge in [0.2, 0.25) is 0 Å². The van der Waals surface area contributed by atoms with Gasteiger partial charge in [-0.3, -0.25) is 0 Å². The monoisotopic (exact) mass is 354 g/mol. The molecule has 3 aromatic rings. The molecule has 0 bridgehead atoms. The zero-order valence-corrected chi connectivity index (χ0v) is 15.8. The third-order valence-corrected chi connectivity index (χ3v) is 4.69. The van der Waals surface area contributed by atoms with E-state index in [0.29, 0.717) is 5.75 Å². The molecule has 1 atom stereocenters. The Labute approximate surface area is 153 Å². The predicted molar refractivity (Wildman–Crippen MR) is 101 cm³/mol. The van der Waals surface area contributed by atoms with Crippen molar-refractivity contribution in [3.05, 3.63) is 53.9 Å². The Bertz CT molecular complexity index is 923. The van der Waals surface area contributed by atoms with E-state index in [1.165, 1.54) is 0 Å². The van der Waals surface area contributed by atoms with E-state index < -0.39 is 0 Å². The highest BCUT2D eigenvalue weighted by atomic mass is 16.5. The minimum Gasteiger partial charge on any atom is -0.493 e. The van der Waals surface area contributed by atoms with Crippen molar-refractivity contribution < 1.29 is 23.9 Å². The Morgan fingerprint density at radius 2 is 1.35 bits per heavy atom. The van der Waals surface area contributed by atoms with Crippen LogP contribution in [0.3, 0.4) is 0 Å². The lowest BCUT2D eigenvalue weighted by Crippen LogP contribution is -2.15. The number of hydrogen-bond acceptors (Lipinski definition) is 4. The summed E-state index contributed by atoms with van der Waals surface area (Å²) < 4.78 is 21.7. The molecule has 26 heavy (non-hydrogen) atoms. The smallest absolute Gasteiger partial charge is 0.194 e. The molecule has 0 fully saturated rings. The van der Waals surface area contributed by atoms with Gasteiger partial charge in [0.1, 0.15) is 0 Å².